The number of hydrogen-bond acceptors (Lipinski definition) is 15. The molecule has 32 heteroatoms. The molecule has 3 unspecified atom stereocenters. The van der Waals surface area contributed by atoms with E-state index in [0.717, 1.165) is 14.7 Å². The van der Waals surface area contributed by atoms with Gasteiger partial charge in [0.1, 0.15) is 60.4 Å². The molecule has 13 atom stereocenters. The zero-order valence-corrected chi connectivity index (χ0v) is 66.9. The third-order valence-corrected chi connectivity index (χ3v) is 24.6. The van der Waals surface area contributed by atoms with Crippen molar-refractivity contribution in [2.24, 2.45) is 29.6 Å². The summed E-state index contributed by atoms with van der Waals surface area (Å²) in [5.74, 6) is -15.5. The van der Waals surface area contributed by atoms with Crippen LogP contribution >= 0.6 is 0 Å². The molecule has 0 aromatic heterocycles. The molecule has 3 aliphatic heterocycles. The minimum absolute atomic E-state index is 0.00578. The van der Waals surface area contributed by atoms with Gasteiger partial charge in [-0.05, 0) is 134 Å². The number of methoxy groups -OCH3 is 1. The number of ether oxygens (including phenoxy) is 3. The van der Waals surface area contributed by atoms with Crippen molar-refractivity contribution in [3.8, 4) is 0 Å². The summed E-state index contributed by atoms with van der Waals surface area (Å²) in [7, 11) is 12.4. The summed E-state index contributed by atoms with van der Waals surface area (Å²) in [6.07, 6.45) is -2.20. The standard InChI is InChI=1S/C77H123F5N12O15/c1-16-47(6)64-72(104)93(51-28-29-51)45-63(97)87(10)55-25-22-21-23-38-92(71(55)103)57(39-49-32-36-76(78,79)37-33-49)69(101)86(9)44-61(95)83-54(31-27-48-26-30-53(77(80,81)82)60(40-48)107-15)67(99)94-43-52(109-20-5)41-58(94)70(102)91(14)75(34-24-35-75)74(106)90(13)65(50(17-2)18-3)73(105)89(12)56(68(100)85(7)8)42-62(96)88(11)59(46-108-19-4)66(98)84-64/h21-22,47-60,64-65H,16-20,23-46H2,1-15H3,(H,83,95)(H,84,98)/b22-21-/t47-,48?,52+,53?,54-,55-,56-,57-,58-,59-,60?,64-,65-/m0/s1. The van der Waals surface area contributed by atoms with Crippen molar-refractivity contribution in [1.82, 2.24) is 59.6 Å². The van der Waals surface area contributed by atoms with Gasteiger partial charge in [-0.1, -0.05) is 59.1 Å². The van der Waals surface area contributed by atoms with Gasteiger partial charge in [0, 0.05) is 115 Å². The van der Waals surface area contributed by atoms with Crippen LogP contribution in [0.4, 0.5) is 22.0 Å². The lowest BCUT2D eigenvalue weighted by Crippen LogP contribution is -2.68. The second-order valence-electron chi connectivity index (χ2n) is 31.8. The third kappa shape index (κ3) is 21.4. The molecule has 109 heavy (non-hydrogen) atoms. The van der Waals surface area contributed by atoms with Gasteiger partial charge in [-0.25, -0.2) is 8.78 Å². The first-order valence-electron chi connectivity index (χ1n) is 39.5. The highest BCUT2D eigenvalue weighted by Crippen LogP contribution is 2.45. The molecule has 2 bridgehead atoms. The normalized spacial score (nSPS) is 30.1. The van der Waals surface area contributed by atoms with Gasteiger partial charge in [0.15, 0.2) is 0 Å². The SMILES string of the molecule is CCOC[C@H]1C(=O)N[C@@H]([C@@H](C)CC)C(=O)N(C2CC2)CC(=O)N(C)[C@H]2C/C=C\CCN(C2=O)[C@@H](CC2CCC(F)(F)CC2)C(=O)N(C)CC(=O)N[C@@H](CCC2CCC(C(F)(F)F)C(OC)C2)C(=O)N2C[C@H](OCC)C[C@H]2C(=O)N(C)C2(CCC2)C(=O)N(C)[C@@H](C(CC)CC)C(=O)N(C)[C@H](C(=O)N(C)C)CC(=O)N1C. The van der Waals surface area contributed by atoms with Crippen LogP contribution in [-0.4, -0.2) is 314 Å². The Morgan fingerprint density at radius 2 is 1.32 bits per heavy atom. The number of halogens is 5. The molecule has 3 heterocycles. The molecule has 1 spiro atoms. The predicted molar refractivity (Wildman–Crippen MR) is 393 cm³/mol. The van der Waals surface area contributed by atoms with E-state index < -0.39 is 217 Å². The van der Waals surface area contributed by atoms with E-state index in [1.54, 1.807) is 32.9 Å². The molecule has 4 aliphatic carbocycles. The van der Waals surface area contributed by atoms with Gasteiger partial charge < -0.3 is 73.8 Å². The van der Waals surface area contributed by atoms with E-state index in [1.807, 2.05) is 20.8 Å². The Hall–Kier alpha value is -7.09. The Morgan fingerprint density at radius 1 is 0.661 bits per heavy atom. The van der Waals surface area contributed by atoms with Gasteiger partial charge in [0.05, 0.1) is 37.7 Å². The second kappa shape index (κ2) is 38.9. The lowest BCUT2D eigenvalue weighted by atomic mass is 9.73. The van der Waals surface area contributed by atoms with Crippen LogP contribution in [0.3, 0.4) is 0 Å². The fourth-order valence-electron chi connectivity index (χ4n) is 16.9. The number of nitrogens with zero attached hydrogens (tertiary/aromatic N) is 10. The summed E-state index contributed by atoms with van der Waals surface area (Å²) >= 11 is 0. The Balaban J connectivity index is 1.35. The molecule has 27 nitrogen and oxygen atoms in total. The number of amides is 12. The van der Waals surface area contributed by atoms with Crippen molar-refractivity contribution in [2.45, 2.75) is 267 Å². The highest BCUT2D eigenvalue weighted by Gasteiger charge is 2.57. The molecule has 0 aromatic carbocycles. The van der Waals surface area contributed by atoms with E-state index in [-0.39, 0.29) is 116 Å². The number of nitrogens with one attached hydrogen (secondary N) is 2. The highest BCUT2D eigenvalue weighted by molar-refractivity contribution is 6.01. The van der Waals surface area contributed by atoms with Crippen LogP contribution in [0.25, 0.3) is 0 Å². The number of fused-ring (bicyclic) bond motifs is 3. The van der Waals surface area contributed by atoms with E-state index in [2.05, 4.69) is 10.6 Å². The minimum atomic E-state index is -4.56. The van der Waals surface area contributed by atoms with Crippen molar-refractivity contribution < 1.29 is 93.7 Å². The van der Waals surface area contributed by atoms with Gasteiger partial charge >= 0.3 is 6.18 Å². The Bertz CT molecular complexity index is 3240. The quantitative estimate of drug-likeness (QED) is 0.124. The molecule has 4 saturated carbocycles. The van der Waals surface area contributed by atoms with E-state index in [4.69, 9.17) is 14.2 Å². The van der Waals surface area contributed by atoms with Crippen LogP contribution in [0.2, 0.25) is 0 Å². The number of alkyl halides is 5. The smallest absolute Gasteiger partial charge is 0.381 e. The Morgan fingerprint density at radius 3 is 1.89 bits per heavy atom. The summed E-state index contributed by atoms with van der Waals surface area (Å²) in [6.45, 7) is 8.94. The molecule has 6 fully saturated rings. The maximum atomic E-state index is 15.8. The number of carbonyl (C=O) groups is 12. The summed E-state index contributed by atoms with van der Waals surface area (Å²) < 4.78 is 90.1. The average molecular weight is 1550 g/mol. The molecule has 7 aliphatic rings. The largest absolute Gasteiger partial charge is 0.394 e. The van der Waals surface area contributed by atoms with Crippen molar-refractivity contribution in [3.63, 3.8) is 0 Å². The van der Waals surface area contributed by atoms with Crippen molar-refractivity contribution >= 4 is 70.9 Å². The zero-order valence-electron chi connectivity index (χ0n) is 66.9. The number of rotatable bonds is 18. The van der Waals surface area contributed by atoms with Gasteiger partial charge in [-0.15, -0.1) is 0 Å². The average Bonchev–Trinajstić information content (AvgIpc) is 1.73. The summed E-state index contributed by atoms with van der Waals surface area (Å²) in [4.78, 5) is 196. The molecule has 616 valence electrons. The highest BCUT2D eigenvalue weighted by atomic mass is 19.4. The molecule has 0 aromatic rings. The molecular formula is C77H123F5N12O15. The maximum absolute atomic E-state index is 15.8. The zero-order chi connectivity index (χ0) is 80.9. The minimum Gasteiger partial charge on any atom is -0.381 e. The van der Waals surface area contributed by atoms with Gasteiger partial charge in [0.25, 0.3) is 0 Å². The van der Waals surface area contributed by atoms with Crippen LogP contribution in [0.1, 0.15) is 183 Å². The monoisotopic (exact) mass is 1550 g/mol. The number of likely N-dealkylation sites (N-methyl/N-ethyl adjacent to an activating group) is 7. The molecular weight excluding hydrogens is 1430 g/mol. The van der Waals surface area contributed by atoms with Crippen LogP contribution < -0.4 is 10.6 Å². The van der Waals surface area contributed by atoms with Crippen molar-refractivity contribution in [1.29, 1.82) is 0 Å². The second-order valence-corrected chi connectivity index (χ2v) is 31.8. The lowest BCUT2D eigenvalue weighted by Gasteiger charge is -2.51. The number of hydrogen-bond donors (Lipinski definition) is 2. The van der Waals surface area contributed by atoms with Gasteiger partial charge in [0.2, 0.25) is 76.8 Å². The van der Waals surface area contributed by atoms with Crippen molar-refractivity contribution in [3.05, 3.63) is 12.2 Å². The Kier molecular flexibility index (Phi) is 31.8. The van der Waals surface area contributed by atoms with Gasteiger partial charge in [-0.2, -0.15) is 13.2 Å². The topological polar surface area (TPSA) is 289 Å². The van der Waals surface area contributed by atoms with Gasteiger partial charge in [-0.3, -0.25) is 57.5 Å². The third-order valence-electron chi connectivity index (χ3n) is 24.6. The fraction of sp³-hybridized carbons (Fsp3) is 0.818. The molecule has 2 N–H and O–H groups in total. The molecule has 0 radical (unpaired) electrons. The first-order valence-corrected chi connectivity index (χ1v) is 39.5. The molecule has 7 rings (SSSR count). The summed E-state index contributed by atoms with van der Waals surface area (Å²) in [6, 6.07) is -11.5. The van der Waals surface area contributed by atoms with Crippen LogP contribution in [0.15, 0.2) is 12.2 Å². The van der Waals surface area contributed by atoms with E-state index in [9.17, 15) is 45.9 Å². The number of carbonyl (C=O) groups excluding carboxylic acids is 12. The maximum Gasteiger partial charge on any atom is 0.394 e. The van der Waals surface area contributed by atoms with Crippen LogP contribution in [0.5, 0.6) is 0 Å². The summed E-state index contributed by atoms with van der Waals surface area (Å²) in [5.41, 5.74) is -1.60. The summed E-state index contributed by atoms with van der Waals surface area (Å²) in [5, 5.41) is 5.71. The fourth-order valence-corrected chi connectivity index (χ4v) is 16.9. The van der Waals surface area contributed by atoms with Crippen LogP contribution in [-0.2, 0) is 71.7 Å². The molecule has 12 amide bonds. The van der Waals surface area contributed by atoms with Crippen molar-refractivity contribution in [2.75, 3.05) is 109 Å². The Labute approximate surface area is 640 Å². The van der Waals surface area contributed by atoms with E-state index >= 15 is 33.6 Å². The van der Waals surface area contributed by atoms with E-state index in [0.29, 0.717) is 38.5 Å². The first-order chi connectivity index (χ1) is 51.4. The first kappa shape index (κ1) is 89.1. The molecule has 2 saturated heterocycles. The van der Waals surface area contributed by atoms with E-state index in [1.165, 1.54) is 97.8 Å². The van der Waals surface area contributed by atoms with Crippen LogP contribution in [0, 0.1) is 29.6 Å². The lowest BCUT2D eigenvalue weighted by molar-refractivity contribution is -0.215. The predicted octanol–water partition coefficient (Wildman–Crippen LogP) is 5.65.